The van der Waals surface area contributed by atoms with Crippen LogP contribution in [0.4, 0.5) is 0 Å². The van der Waals surface area contributed by atoms with Crippen molar-refractivity contribution < 1.29 is 0 Å². The van der Waals surface area contributed by atoms with Crippen molar-refractivity contribution in [2.75, 3.05) is 0 Å². The number of hydrogen-bond donors (Lipinski definition) is 2. The lowest BCUT2D eigenvalue weighted by atomic mass is 10.3. The van der Waals surface area contributed by atoms with Crippen molar-refractivity contribution in [3.63, 3.8) is 0 Å². The number of rotatable bonds is 1. The van der Waals surface area contributed by atoms with E-state index in [-0.39, 0.29) is 16.1 Å². The molecular formula is C5H4Cl2N4. The molecule has 0 bridgehead atoms. The Kier molecular flexibility index (Phi) is 2.26. The molecule has 11 heavy (non-hydrogen) atoms. The van der Waals surface area contributed by atoms with Crippen LogP contribution in [0.15, 0.2) is 6.07 Å². The normalized spacial score (nSPS) is 9.64. The molecule has 1 aromatic heterocycles. The lowest BCUT2D eigenvalue weighted by Crippen LogP contribution is -2.12. The van der Waals surface area contributed by atoms with Crippen molar-refractivity contribution in [1.29, 1.82) is 5.41 Å². The van der Waals surface area contributed by atoms with Crippen molar-refractivity contribution >= 4 is 29.0 Å². The summed E-state index contributed by atoms with van der Waals surface area (Å²) in [5.74, 6) is -0.174. The average Bonchev–Trinajstić information content (AvgIpc) is 1.94. The second-order valence-corrected chi connectivity index (χ2v) is 2.53. The van der Waals surface area contributed by atoms with Gasteiger partial charge in [0.1, 0.15) is 5.84 Å². The Morgan fingerprint density at radius 2 is 2.09 bits per heavy atom. The van der Waals surface area contributed by atoms with Gasteiger partial charge in [0.15, 0.2) is 10.3 Å². The fourth-order valence-corrected chi connectivity index (χ4v) is 0.883. The highest BCUT2D eigenvalue weighted by atomic mass is 35.5. The van der Waals surface area contributed by atoms with Crippen molar-refractivity contribution in [3.05, 3.63) is 21.9 Å². The van der Waals surface area contributed by atoms with E-state index in [2.05, 4.69) is 10.2 Å². The van der Waals surface area contributed by atoms with Crippen molar-refractivity contribution in [2.24, 2.45) is 5.73 Å². The zero-order valence-electron chi connectivity index (χ0n) is 5.31. The van der Waals surface area contributed by atoms with Gasteiger partial charge in [-0.2, -0.15) is 0 Å². The minimum atomic E-state index is -0.174. The zero-order valence-corrected chi connectivity index (χ0v) is 6.82. The van der Waals surface area contributed by atoms with Gasteiger partial charge in [0.2, 0.25) is 0 Å². The fraction of sp³-hybridized carbons (Fsp3) is 0. The summed E-state index contributed by atoms with van der Waals surface area (Å²) in [6, 6.07) is 1.39. The molecule has 0 saturated heterocycles. The standard InChI is InChI=1S/C5H4Cl2N4/c6-3-1-2(5(8)9)4(7)11-10-3/h1H,(H3,8,9). The third kappa shape index (κ3) is 1.78. The molecule has 4 nitrogen and oxygen atoms in total. The summed E-state index contributed by atoms with van der Waals surface area (Å²) in [5.41, 5.74) is 5.45. The summed E-state index contributed by atoms with van der Waals surface area (Å²) < 4.78 is 0. The van der Waals surface area contributed by atoms with Crippen LogP contribution in [0.5, 0.6) is 0 Å². The first-order valence-corrected chi connectivity index (χ1v) is 3.40. The molecule has 0 atom stereocenters. The Bertz CT molecular complexity index is 299. The van der Waals surface area contributed by atoms with Crippen molar-refractivity contribution in [1.82, 2.24) is 10.2 Å². The van der Waals surface area contributed by atoms with E-state index in [1.807, 2.05) is 0 Å². The van der Waals surface area contributed by atoms with E-state index >= 15 is 0 Å². The summed E-state index contributed by atoms with van der Waals surface area (Å²) in [6.07, 6.45) is 0. The highest BCUT2D eigenvalue weighted by Crippen LogP contribution is 2.13. The number of nitrogens with zero attached hydrogens (tertiary/aromatic N) is 2. The average molecular weight is 191 g/mol. The van der Waals surface area contributed by atoms with E-state index in [1.54, 1.807) is 0 Å². The molecule has 0 saturated carbocycles. The van der Waals surface area contributed by atoms with E-state index in [9.17, 15) is 0 Å². The molecule has 0 radical (unpaired) electrons. The van der Waals surface area contributed by atoms with Gasteiger partial charge in [0.25, 0.3) is 0 Å². The minimum Gasteiger partial charge on any atom is -0.384 e. The van der Waals surface area contributed by atoms with Crippen LogP contribution < -0.4 is 5.73 Å². The van der Waals surface area contributed by atoms with Crippen molar-refractivity contribution in [3.8, 4) is 0 Å². The van der Waals surface area contributed by atoms with Gasteiger partial charge in [-0.3, -0.25) is 5.41 Å². The second kappa shape index (κ2) is 3.02. The molecular weight excluding hydrogens is 187 g/mol. The highest BCUT2D eigenvalue weighted by molar-refractivity contribution is 6.34. The van der Waals surface area contributed by atoms with E-state index in [0.717, 1.165) is 0 Å². The Hall–Kier alpha value is -0.870. The molecule has 0 fully saturated rings. The van der Waals surface area contributed by atoms with Crippen LogP contribution >= 0.6 is 23.2 Å². The van der Waals surface area contributed by atoms with Crippen LogP contribution in [0.25, 0.3) is 0 Å². The van der Waals surface area contributed by atoms with E-state index < -0.39 is 0 Å². The summed E-state index contributed by atoms with van der Waals surface area (Å²) in [5, 5.41) is 14.2. The monoisotopic (exact) mass is 190 g/mol. The number of nitrogens with two attached hydrogens (primary N) is 1. The molecule has 0 aliphatic carbocycles. The molecule has 0 amide bonds. The number of hydrogen-bond acceptors (Lipinski definition) is 3. The molecule has 0 aromatic carbocycles. The lowest BCUT2D eigenvalue weighted by molar-refractivity contribution is 1.03. The predicted molar refractivity (Wildman–Crippen MR) is 43.1 cm³/mol. The van der Waals surface area contributed by atoms with E-state index in [1.165, 1.54) is 6.07 Å². The van der Waals surface area contributed by atoms with Gasteiger partial charge in [0, 0.05) is 0 Å². The van der Waals surface area contributed by atoms with Gasteiger partial charge in [-0.05, 0) is 6.07 Å². The Morgan fingerprint density at radius 3 is 2.55 bits per heavy atom. The van der Waals surface area contributed by atoms with Crippen LogP contribution in [0.1, 0.15) is 5.56 Å². The predicted octanol–water partition coefficient (Wildman–Crippen LogP) is 1.07. The minimum absolute atomic E-state index is 0.0851. The van der Waals surface area contributed by atoms with Crippen LogP contribution in [-0.2, 0) is 0 Å². The highest BCUT2D eigenvalue weighted by Gasteiger charge is 2.05. The first kappa shape index (κ1) is 8.23. The third-order valence-corrected chi connectivity index (χ3v) is 1.47. The quantitative estimate of drug-likeness (QED) is 0.514. The molecule has 3 N–H and O–H groups in total. The van der Waals surface area contributed by atoms with Crippen molar-refractivity contribution in [2.45, 2.75) is 0 Å². The number of nitrogens with one attached hydrogen (secondary N) is 1. The molecule has 6 heteroatoms. The third-order valence-electron chi connectivity index (χ3n) is 1.01. The second-order valence-electron chi connectivity index (χ2n) is 1.79. The van der Waals surface area contributed by atoms with Gasteiger partial charge >= 0.3 is 0 Å². The summed E-state index contributed by atoms with van der Waals surface area (Å²) >= 11 is 11.0. The van der Waals surface area contributed by atoms with Crippen LogP contribution in [0, 0.1) is 5.41 Å². The van der Waals surface area contributed by atoms with Crippen LogP contribution in [-0.4, -0.2) is 16.0 Å². The molecule has 0 spiro atoms. The smallest absolute Gasteiger partial charge is 0.162 e. The number of halogens is 2. The number of amidine groups is 1. The number of aromatic nitrogens is 2. The Labute approximate surface area is 72.8 Å². The van der Waals surface area contributed by atoms with E-state index in [4.69, 9.17) is 34.3 Å². The first-order chi connectivity index (χ1) is 5.11. The molecule has 1 aromatic rings. The summed E-state index contributed by atoms with van der Waals surface area (Å²) in [7, 11) is 0. The Balaban J connectivity index is 3.23. The fourth-order valence-electron chi connectivity index (χ4n) is 0.542. The van der Waals surface area contributed by atoms with Gasteiger partial charge in [-0.25, -0.2) is 0 Å². The van der Waals surface area contributed by atoms with Gasteiger partial charge < -0.3 is 5.73 Å². The zero-order chi connectivity index (χ0) is 8.43. The van der Waals surface area contributed by atoms with Crippen LogP contribution in [0.2, 0.25) is 10.3 Å². The Morgan fingerprint density at radius 1 is 1.45 bits per heavy atom. The molecule has 0 aliphatic heterocycles. The molecule has 1 heterocycles. The molecule has 0 unspecified atom stereocenters. The van der Waals surface area contributed by atoms with Crippen LogP contribution in [0.3, 0.4) is 0 Å². The number of nitrogen functional groups attached to an aromatic ring is 1. The maximum atomic E-state index is 7.04. The van der Waals surface area contributed by atoms with Gasteiger partial charge in [-0.1, -0.05) is 23.2 Å². The van der Waals surface area contributed by atoms with E-state index in [0.29, 0.717) is 5.56 Å². The topological polar surface area (TPSA) is 75.7 Å². The van der Waals surface area contributed by atoms with Gasteiger partial charge in [-0.15, -0.1) is 10.2 Å². The lowest BCUT2D eigenvalue weighted by Gasteiger charge is -1.98. The molecule has 58 valence electrons. The maximum Gasteiger partial charge on any atom is 0.162 e. The van der Waals surface area contributed by atoms with Gasteiger partial charge in [0.05, 0.1) is 5.56 Å². The first-order valence-electron chi connectivity index (χ1n) is 2.64. The molecule has 0 aliphatic rings. The maximum absolute atomic E-state index is 7.04. The summed E-state index contributed by atoms with van der Waals surface area (Å²) in [6.45, 7) is 0. The summed E-state index contributed by atoms with van der Waals surface area (Å²) in [4.78, 5) is 0. The SMILES string of the molecule is N=C(N)c1cc(Cl)nnc1Cl. The molecule has 1 rings (SSSR count). The largest absolute Gasteiger partial charge is 0.384 e.